The van der Waals surface area contributed by atoms with Crippen molar-refractivity contribution in [1.29, 1.82) is 0 Å². The molecule has 0 bridgehead atoms. The molecule has 0 saturated heterocycles. The van der Waals surface area contributed by atoms with E-state index in [9.17, 15) is 4.39 Å². The van der Waals surface area contributed by atoms with Crippen LogP contribution >= 0.6 is 23.2 Å². The van der Waals surface area contributed by atoms with Gasteiger partial charge < -0.3 is 11.1 Å². The minimum atomic E-state index is -0.570. The quantitative estimate of drug-likeness (QED) is 0.806. The number of halogens is 3. The second-order valence-corrected chi connectivity index (χ2v) is 5.34. The summed E-state index contributed by atoms with van der Waals surface area (Å²) in [7, 11) is 0. The molecule has 0 amide bonds. The molecule has 0 radical (unpaired) electrons. The monoisotopic (exact) mass is 276 g/mol. The maximum absolute atomic E-state index is 13.2. The van der Waals surface area contributed by atoms with Crippen molar-refractivity contribution in [2.75, 3.05) is 5.32 Å². The Labute approximate surface area is 110 Å². The molecule has 1 aliphatic carbocycles. The Hall–Kier alpha value is -0.510. The average molecular weight is 277 g/mol. The SMILES string of the molecule is NC1CCCC(Nc2cc(Cl)c(F)c(Cl)c2)C1. The topological polar surface area (TPSA) is 38.0 Å². The van der Waals surface area contributed by atoms with Crippen LogP contribution in [-0.4, -0.2) is 12.1 Å². The molecular weight excluding hydrogens is 262 g/mol. The van der Waals surface area contributed by atoms with Crippen molar-refractivity contribution in [3.05, 3.63) is 28.0 Å². The van der Waals surface area contributed by atoms with Gasteiger partial charge in [-0.3, -0.25) is 0 Å². The van der Waals surface area contributed by atoms with E-state index in [0.29, 0.717) is 6.04 Å². The van der Waals surface area contributed by atoms with Gasteiger partial charge in [-0.1, -0.05) is 23.2 Å². The second kappa shape index (κ2) is 5.42. The van der Waals surface area contributed by atoms with Crippen molar-refractivity contribution in [1.82, 2.24) is 0 Å². The van der Waals surface area contributed by atoms with E-state index < -0.39 is 5.82 Å². The van der Waals surface area contributed by atoms with Crippen LogP contribution in [0, 0.1) is 5.82 Å². The first-order valence-electron chi connectivity index (χ1n) is 5.73. The van der Waals surface area contributed by atoms with Crippen molar-refractivity contribution < 1.29 is 4.39 Å². The standard InChI is InChI=1S/C12H15Cl2FN2/c13-10-5-9(6-11(14)12(10)15)17-8-3-1-2-7(16)4-8/h5-8,17H,1-4,16H2. The maximum atomic E-state index is 13.2. The normalized spacial score (nSPS) is 24.7. The van der Waals surface area contributed by atoms with Crippen LogP contribution < -0.4 is 11.1 Å². The number of anilines is 1. The molecule has 0 aliphatic heterocycles. The molecule has 2 rings (SSSR count). The van der Waals surface area contributed by atoms with Crippen LogP contribution in [0.4, 0.5) is 10.1 Å². The number of nitrogens with two attached hydrogens (primary N) is 1. The first kappa shape index (κ1) is 12.9. The van der Waals surface area contributed by atoms with E-state index in [1.165, 1.54) is 0 Å². The van der Waals surface area contributed by atoms with Gasteiger partial charge in [0, 0.05) is 17.8 Å². The molecule has 1 aromatic carbocycles. The van der Waals surface area contributed by atoms with Crippen molar-refractivity contribution in [2.45, 2.75) is 37.8 Å². The van der Waals surface area contributed by atoms with Crippen LogP contribution in [0.3, 0.4) is 0 Å². The smallest absolute Gasteiger partial charge is 0.160 e. The van der Waals surface area contributed by atoms with Gasteiger partial charge in [-0.25, -0.2) is 4.39 Å². The lowest BCUT2D eigenvalue weighted by Gasteiger charge is -2.28. The number of benzene rings is 1. The van der Waals surface area contributed by atoms with Gasteiger partial charge in [-0.2, -0.15) is 0 Å². The first-order valence-corrected chi connectivity index (χ1v) is 6.48. The zero-order valence-electron chi connectivity index (χ0n) is 9.35. The van der Waals surface area contributed by atoms with Crippen molar-refractivity contribution in [2.24, 2.45) is 5.73 Å². The van der Waals surface area contributed by atoms with Gasteiger partial charge in [-0.15, -0.1) is 0 Å². The summed E-state index contributed by atoms with van der Waals surface area (Å²) in [5.74, 6) is -0.570. The van der Waals surface area contributed by atoms with E-state index in [0.717, 1.165) is 31.4 Å². The Morgan fingerprint density at radius 1 is 1.24 bits per heavy atom. The molecule has 0 heterocycles. The summed E-state index contributed by atoms with van der Waals surface area (Å²) in [5.41, 5.74) is 6.66. The molecule has 0 aromatic heterocycles. The highest BCUT2D eigenvalue weighted by atomic mass is 35.5. The van der Waals surface area contributed by atoms with Crippen LogP contribution in [0.1, 0.15) is 25.7 Å². The summed E-state index contributed by atoms with van der Waals surface area (Å²) >= 11 is 11.5. The molecule has 3 N–H and O–H groups in total. The third-order valence-corrected chi connectivity index (χ3v) is 3.62. The summed E-state index contributed by atoms with van der Waals surface area (Å²) in [6.45, 7) is 0. The van der Waals surface area contributed by atoms with Gasteiger partial charge >= 0.3 is 0 Å². The van der Waals surface area contributed by atoms with Crippen molar-refractivity contribution in [3.63, 3.8) is 0 Å². The van der Waals surface area contributed by atoms with Crippen LogP contribution in [0.5, 0.6) is 0 Å². The summed E-state index contributed by atoms with van der Waals surface area (Å²) < 4.78 is 13.2. The van der Waals surface area contributed by atoms with Crippen LogP contribution in [0.2, 0.25) is 10.0 Å². The number of hydrogen-bond donors (Lipinski definition) is 2. The molecular formula is C12H15Cl2FN2. The van der Waals surface area contributed by atoms with Gasteiger partial charge in [0.15, 0.2) is 5.82 Å². The van der Waals surface area contributed by atoms with Crippen LogP contribution in [0.25, 0.3) is 0 Å². The van der Waals surface area contributed by atoms with Gasteiger partial charge in [0.1, 0.15) is 0 Å². The fourth-order valence-electron chi connectivity index (χ4n) is 2.23. The molecule has 5 heteroatoms. The molecule has 1 aliphatic rings. The van der Waals surface area contributed by atoms with E-state index in [2.05, 4.69) is 5.32 Å². The average Bonchev–Trinajstić information content (AvgIpc) is 2.26. The Morgan fingerprint density at radius 2 is 1.88 bits per heavy atom. The van der Waals surface area contributed by atoms with Crippen molar-refractivity contribution >= 4 is 28.9 Å². The van der Waals surface area contributed by atoms with E-state index >= 15 is 0 Å². The highest BCUT2D eigenvalue weighted by molar-refractivity contribution is 6.35. The molecule has 1 fully saturated rings. The molecule has 2 unspecified atom stereocenters. The largest absolute Gasteiger partial charge is 0.382 e. The fraction of sp³-hybridized carbons (Fsp3) is 0.500. The number of hydrogen-bond acceptors (Lipinski definition) is 2. The highest BCUT2D eigenvalue weighted by Gasteiger charge is 2.19. The van der Waals surface area contributed by atoms with Gasteiger partial charge in [0.2, 0.25) is 0 Å². The number of rotatable bonds is 2. The zero-order chi connectivity index (χ0) is 12.4. The van der Waals surface area contributed by atoms with Gasteiger partial charge in [0.05, 0.1) is 10.0 Å². The maximum Gasteiger partial charge on any atom is 0.160 e. The first-order chi connectivity index (χ1) is 8.06. The summed E-state index contributed by atoms with van der Waals surface area (Å²) in [5, 5.41) is 3.39. The second-order valence-electron chi connectivity index (χ2n) is 4.52. The minimum Gasteiger partial charge on any atom is -0.382 e. The Kier molecular flexibility index (Phi) is 4.13. The minimum absolute atomic E-state index is 0.0418. The molecule has 17 heavy (non-hydrogen) atoms. The fourth-order valence-corrected chi connectivity index (χ4v) is 2.72. The van der Waals surface area contributed by atoms with E-state index in [1.807, 2.05) is 0 Å². The van der Waals surface area contributed by atoms with Crippen molar-refractivity contribution in [3.8, 4) is 0 Å². The Balaban J connectivity index is 2.08. The van der Waals surface area contributed by atoms with Gasteiger partial charge in [0.25, 0.3) is 0 Å². The molecule has 0 spiro atoms. The lowest BCUT2D eigenvalue weighted by Crippen LogP contribution is -2.34. The highest BCUT2D eigenvalue weighted by Crippen LogP contribution is 2.29. The lowest BCUT2D eigenvalue weighted by atomic mass is 9.91. The Bertz CT molecular complexity index is 388. The molecule has 1 aromatic rings. The van der Waals surface area contributed by atoms with Crippen LogP contribution in [0.15, 0.2) is 12.1 Å². The third-order valence-electron chi connectivity index (χ3n) is 3.07. The summed E-state index contributed by atoms with van der Waals surface area (Å²) in [6.07, 6.45) is 4.18. The molecule has 94 valence electrons. The number of nitrogens with one attached hydrogen (secondary N) is 1. The van der Waals surface area contributed by atoms with E-state index in [-0.39, 0.29) is 16.1 Å². The Morgan fingerprint density at radius 3 is 2.47 bits per heavy atom. The lowest BCUT2D eigenvalue weighted by molar-refractivity contribution is 0.409. The molecule has 2 nitrogen and oxygen atoms in total. The predicted molar refractivity (Wildman–Crippen MR) is 70.3 cm³/mol. The molecule has 2 atom stereocenters. The predicted octanol–water partition coefficient (Wildman–Crippen LogP) is 3.81. The summed E-state index contributed by atoms with van der Waals surface area (Å²) in [6, 6.07) is 3.68. The third kappa shape index (κ3) is 3.24. The van der Waals surface area contributed by atoms with E-state index in [4.69, 9.17) is 28.9 Å². The van der Waals surface area contributed by atoms with Gasteiger partial charge in [-0.05, 0) is 37.8 Å². The van der Waals surface area contributed by atoms with E-state index in [1.54, 1.807) is 12.1 Å². The van der Waals surface area contributed by atoms with Crippen LogP contribution in [-0.2, 0) is 0 Å². The summed E-state index contributed by atoms with van der Waals surface area (Å²) in [4.78, 5) is 0. The zero-order valence-corrected chi connectivity index (χ0v) is 10.9. The molecule has 1 saturated carbocycles.